The van der Waals surface area contributed by atoms with Crippen molar-refractivity contribution in [2.45, 2.75) is 70.9 Å². The molecule has 168 valence electrons. The normalized spacial score (nSPS) is 15.3. The average Bonchev–Trinajstić information content (AvgIpc) is 2.77. The Balaban J connectivity index is 2.38. The van der Waals surface area contributed by atoms with E-state index < -0.39 is 6.04 Å². The Bertz CT molecular complexity index is 692. The van der Waals surface area contributed by atoms with Gasteiger partial charge in [-0.05, 0) is 43.4 Å². The minimum Gasteiger partial charge on any atom is -0.493 e. The fraction of sp³-hybridized carbons (Fsp3) is 0.652. The Labute approximate surface area is 185 Å². The zero-order chi connectivity index (χ0) is 21.9. The minimum atomic E-state index is -0.757. The van der Waals surface area contributed by atoms with Gasteiger partial charge in [0.15, 0.2) is 11.5 Å². The molecule has 0 radical (unpaired) electrons. The van der Waals surface area contributed by atoms with Crippen LogP contribution in [0, 0.1) is 0 Å². The molecule has 7 heteroatoms. The first-order valence-electron chi connectivity index (χ1n) is 11.0. The molecule has 1 aromatic carbocycles. The first-order chi connectivity index (χ1) is 14.5. The number of amides is 2. The average molecular weight is 439 g/mol. The number of rotatable bonds is 11. The number of benzene rings is 1. The summed E-state index contributed by atoms with van der Waals surface area (Å²) in [6, 6.07) is 4.83. The second kappa shape index (κ2) is 12.7. The van der Waals surface area contributed by atoms with Gasteiger partial charge in [-0.25, -0.2) is 0 Å². The van der Waals surface area contributed by atoms with Gasteiger partial charge in [0, 0.05) is 12.6 Å². The molecule has 0 spiro atoms. The number of halogens is 1. The van der Waals surface area contributed by atoms with Crippen LogP contribution < -0.4 is 14.8 Å². The minimum absolute atomic E-state index is 0.150. The summed E-state index contributed by atoms with van der Waals surface area (Å²) in [5.74, 6) is 0.583. The summed E-state index contributed by atoms with van der Waals surface area (Å²) < 4.78 is 11.2. The van der Waals surface area contributed by atoms with E-state index in [-0.39, 0.29) is 23.7 Å². The van der Waals surface area contributed by atoms with Gasteiger partial charge in [0.2, 0.25) is 11.8 Å². The molecule has 6 nitrogen and oxygen atoms in total. The predicted octanol–water partition coefficient (Wildman–Crippen LogP) is 4.45. The van der Waals surface area contributed by atoms with Crippen LogP contribution in [0.3, 0.4) is 0 Å². The van der Waals surface area contributed by atoms with Gasteiger partial charge in [-0.1, -0.05) is 39.2 Å². The maximum absolute atomic E-state index is 13.4. The lowest BCUT2D eigenvalue weighted by Gasteiger charge is -2.33. The molecule has 1 fully saturated rings. The van der Waals surface area contributed by atoms with Crippen LogP contribution >= 0.6 is 11.6 Å². The number of carbonyl (C=O) groups is 2. The molecule has 0 aliphatic heterocycles. The third kappa shape index (κ3) is 6.53. The van der Waals surface area contributed by atoms with E-state index in [1.165, 1.54) is 6.42 Å². The van der Waals surface area contributed by atoms with Crippen LogP contribution in [0.25, 0.3) is 0 Å². The number of carbonyl (C=O) groups excluding carboxylic acids is 2. The highest BCUT2D eigenvalue weighted by atomic mass is 35.5. The highest BCUT2D eigenvalue weighted by Crippen LogP contribution is 2.33. The molecule has 2 rings (SSSR count). The molecule has 0 aromatic heterocycles. The van der Waals surface area contributed by atoms with Crippen molar-refractivity contribution in [1.82, 2.24) is 10.2 Å². The van der Waals surface area contributed by atoms with Gasteiger partial charge in [0.05, 0.1) is 13.7 Å². The van der Waals surface area contributed by atoms with E-state index in [1.54, 1.807) is 24.1 Å². The second-order valence-electron chi connectivity index (χ2n) is 7.73. The third-order valence-electron chi connectivity index (χ3n) is 5.38. The van der Waals surface area contributed by atoms with Crippen LogP contribution in [-0.4, -0.2) is 48.9 Å². The molecular formula is C23H35ClN2O4. The number of alkyl halides is 1. The Morgan fingerprint density at radius 2 is 1.90 bits per heavy atom. The van der Waals surface area contributed by atoms with Crippen molar-refractivity contribution in [2.75, 3.05) is 26.1 Å². The zero-order valence-electron chi connectivity index (χ0n) is 18.4. The van der Waals surface area contributed by atoms with Crippen molar-refractivity contribution >= 4 is 23.4 Å². The molecule has 2 amide bonds. The maximum Gasteiger partial charge on any atom is 0.247 e. The lowest BCUT2D eigenvalue weighted by Crippen LogP contribution is -2.47. The van der Waals surface area contributed by atoms with Gasteiger partial charge in [0.25, 0.3) is 0 Å². The summed E-state index contributed by atoms with van der Waals surface area (Å²) >= 11 is 5.88. The van der Waals surface area contributed by atoms with Crippen LogP contribution in [0.15, 0.2) is 18.2 Å². The molecule has 1 aromatic rings. The van der Waals surface area contributed by atoms with Gasteiger partial charge in [-0.2, -0.15) is 0 Å². The van der Waals surface area contributed by atoms with Crippen molar-refractivity contribution in [3.05, 3.63) is 23.8 Å². The smallest absolute Gasteiger partial charge is 0.247 e. The molecular weight excluding hydrogens is 404 g/mol. The van der Waals surface area contributed by atoms with E-state index in [0.717, 1.165) is 38.5 Å². The summed E-state index contributed by atoms with van der Waals surface area (Å²) in [4.78, 5) is 27.6. The summed E-state index contributed by atoms with van der Waals surface area (Å²) in [5.41, 5.74) is 0.691. The van der Waals surface area contributed by atoms with E-state index in [1.807, 2.05) is 19.9 Å². The van der Waals surface area contributed by atoms with Gasteiger partial charge in [-0.3, -0.25) is 9.59 Å². The Morgan fingerprint density at radius 3 is 2.50 bits per heavy atom. The fourth-order valence-electron chi connectivity index (χ4n) is 3.90. The van der Waals surface area contributed by atoms with Crippen LogP contribution in [0.2, 0.25) is 0 Å². The van der Waals surface area contributed by atoms with E-state index in [9.17, 15) is 9.59 Å². The van der Waals surface area contributed by atoms with E-state index in [0.29, 0.717) is 30.2 Å². The summed E-state index contributed by atoms with van der Waals surface area (Å²) in [6.07, 6.45) is 7.00. The zero-order valence-corrected chi connectivity index (χ0v) is 19.2. The van der Waals surface area contributed by atoms with Gasteiger partial charge in [-0.15, -0.1) is 11.6 Å². The summed E-state index contributed by atoms with van der Waals surface area (Å²) in [6.45, 7) is 5.04. The van der Waals surface area contributed by atoms with E-state index >= 15 is 0 Å². The number of ether oxygens (including phenoxy) is 2. The Hall–Kier alpha value is -1.95. The molecule has 0 heterocycles. The lowest BCUT2D eigenvalue weighted by atomic mass is 9.94. The first kappa shape index (κ1) is 24.3. The SMILES string of the molecule is CCCOc1ccc([C@@H](C(=O)NC2CCCCC2)N(CCC)C(=O)CCl)cc1OC. The van der Waals surface area contributed by atoms with Crippen LogP contribution in [0.5, 0.6) is 11.5 Å². The number of hydrogen-bond acceptors (Lipinski definition) is 4. The molecule has 30 heavy (non-hydrogen) atoms. The highest BCUT2D eigenvalue weighted by molar-refractivity contribution is 6.27. The standard InChI is InChI=1S/C23H35ClN2O4/c1-4-13-26(21(27)16-24)22(23(28)25-18-9-7-6-8-10-18)17-11-12-19(30-14-5-2)20(15-17)29-3/h11-12,15,18,22H,4-10,13-14,16H2,1-3H3,(H,25,28)/t22-/m0/s1. The first-order valence-corrected chi connectivity index (χ1v) is 11.6. The van der Waals surface area contributed by atoms with Gasteiger partial charge >= 0.3 is 0 Å². The van der Waals surface area contributed by atoms with Crippen molar-refractivity contribution < 1.29 is 19.1 Å². The lowest BCUT2D eigenvalue weighted by molar-refractivity contribution is -0.139. The highest BCUT2D eigenvalue weighted by Gasteiger charge is 2.32. The number of hydrogen-bond donors (Lipinski definition) is 1. The van der Waals surface area contributed by atoms with Crippen molar-refractivity contribution in [1.29, 1.82) is 0 Å². The fourth-order valence-corrected chi connectivity index (χ4v) is 4.05. The molecule has 1 saturated carbocycles. The molecule has 1 aliphatic rings. The quantitative estimate of drug-likeness (QED) is 0.518. The number of methoxy groups -OCH3 is 1. The summed E-state index contributed by atoms with van der Waals surface area (Å²) in [7, 11) is 1.57. The van der Waals surface area contributed by atoms with Crippen molar-refractivity contribution in [3.8, 4) is 11.5 Å². The number of nitrogens with zero attached hydrogens (tertiary/aromatic N) is 1. The molecule has 0 unspecified atom stereocenters. The van der Waals surface area contributed by atoms with Crippen LogP contribution in [0.4, 0.5) is 0 Å². The van der Waals surface area contributed by atoms with E-state index in [4.69, 9.17) is 21.1 Å². The van der Waals surface area contributed by atoms with Crippen LogP contribution in [0.1, 0.15) is 70.4 Å². The molecule has 1 N–H and O–H groups in total. The Kier molecular flexibility index (Phi) is 10.3. The topological polar surface area (TPSA) is 67.9 Å². The monoisotopic (exact) mass is 438 g/mol. The molecule has 0 bridgehead atoms. The molecule has 1 aliphatic carbocycles. The van der Waals surface area contributed by atoms with Gasteiger partial charge < -0.3 is 19.7 Å². The summed E-state index contributed by atoms with van der Waals surface area (Å²) in [5, 5.41) is 3.17. The predicted molar refractivity (Wildman–Crippen MR) is 119 cm³/mol. The second-order valence-corrected chi connectivity index (χ2v) is 7.99. The van der Waals surface area contributed by atoms with Gasteiger partial charge in [0.1, 0.15) is 11.9 Å². The van der Waals surface area contributed by atoms with Crippen molar-refractivity contribution in [3.63, 3.8) is 0 Å². The molecule has 1 atom stereocenters. The maximum atomic E-state index is 13.4. The van der Waals surface area contributed by atoms with E-state index in [2.05, 4.69) is 5.32 Å². The van der Waals surface area contributed by atoms with Crippen LogP contribution in [-0.2, 0) is 9.59 Å². The largest absolute Gasteiger partial charge is 0.493 e. The third-order valence-corrected chi connectivity index (χ3v) is 5.60. The Morgan fingerprint density at radius 1 is 1.17 bits per heavy atom. The molecule has 0 saturated heterocycles. The number of nitrogens with one attached hydrogen (secondary N) is 1. The van der Waals surface area contributed by atoms with Crippen molar-refractivity contribution in [2.24, 2.45) is 0 Å².